The minimum absolute atomic E-state index is 0.221. The van der Waals surface area contributed by atoms with Crippen molar-refractivity contribution in [2.75, 3.05) is 31.2 Å². The van der Waals surface area contributed by atoms with Crippen LogP contribution in [0.3, 0.4) is 0 Å². The first kappa shape index (κ1) is 14.7. The highest BCUT2D eigenvalue weighted by molar-refractivity contribution is 6.28. The van der Waals surface area contributed by atoms with Crippen molar-refractivity contribution in [3.8, 4) is 0 Å². The number of nitrogens with zero attached hydrogens (tertiary/aromatic N) is 5. The third kappa shape index (κ3) is 2.26. The third-order valence-corrected chi connectivity index (χ3v) is 4.36. The van der Waals surface area contributed by atoms with Crippen molar-refractivity contribution in [1.82, 2.24) is 19.5 Å². The zero-order valence-corrected chi connectivity index (χ0v) is 14.1. The van der Waals surface area contributed by atoms with Crippen LogP contribution in [0.1, 0.15) is 26.6 Å². The summed E-state index contributed by atoms with van der Waals surface area (Å²) in [5, 5.41) is 0.221. The van der Waals surface area contributed by atoms with Crippen LogP contribution in [0.2, 0.25) is 5.28 Å². The molecule has 2 aromatic heterocycles. The number of hydrogen-bond acceptors (Lipinski definition) is 6. The molecule has 8 heteroatoms. The van der Waals surface area contributed by atoms with Crippen LogP contribution in [0.4, 0.5) is 5.82 Å². The van der Waals surface area contributed by atoms with Crippen molar-refractivity contribution < 1.29 is 9.47 Å². The molecule has 0 N–H and O–H groups in total. The predicted octanol–water partition coefficient (Wildman–Crippen LogP) is 2.40. The Kier molecular flexibility index (Phi) is 3.24. The molecule has 0 amide bonds. The van der Waals surface area contributed by atoms with Crippen LogP contribution >= 0.6 is 11.6 Å². The normalized spacial score (nSPS) is 20.2. The van der Waals surface area contributed by atoms with Gasteiger partial charge in [-0.2, -0.15) is 9.97 Å². The number of hydrogen-bond donors (Lipinski definition) is 0. The molecule has 0 spiro atoms. The number of imidazole rings is 1. The average molecular weight is 336 g/mol. The predicted molar refractivity (Wildman–Crippen MR) is 87.4 cm³/mol. The van der Waals surface area contributed by atoms with Gasteiger partial charge in [-0.25, -0.2) is 4.98 Å². The quantitative estimate of drug-likeness (QED) is 0.746. The zero-order valence-electron chi connectivity index (χ0n) is 13.3. The van der Waals surface area contributed by atoms with E-state index in [9.17, 15) is 0 Å². The van der Waals surface area contributed by atoms with Crippen molar-refractivity contribution in [2.24, 2.45) is 0 Å². The molecule has 1 saturated heterocycles. The molecule has 2 aliphatic rings. The lowest BCUT2D eigenvalue weighted by molar-refractivity contribution is 0.0389. The van der Waals surface area contributed by atoms with E-state index in [2.05, 4.69) is 14.9 Å². The Morgan fingerprint density at radius 2 is 1.91 bits per heavy atom. The van der Waals surface area contributed by atoms with E-state index in [0.717, 1.165) is 35.9 Å². The first-order chi connectivity index (χ1) is 11.0. The summed E-state index contributed by atoms with van der Waals surface area (Å²) in [6.45, 7) is 8.80. The van der Waals surface area contributed by atoms with E-state index < -0.39 is 5.60 Å². The maximum Gasteiger partial charge on any atom is 0.226 e. The fourth-order valence-corrected chi connectivity index (χ4v) is 3.15. The summed E-state index contributed by atoms with van der Waals surface area (Å²) in [5.41, 5.74) is 1.85. The van der Waals surface area contributed by atoms with Crippen molar-refractivity contribution in [3.63, 3.8) is 0 Å². The molecular weight excluding hydrogens is 318 g/mol. The molecule has 4 rings (SSSR count). The number of fused-ring (bicyclic) bond motifs is 3. The highest BCUT2D eigenvalue weighted by Crippen LogP contribution is 2.36. The number of ether oxygens (including phenoxy) is 2. The van der Waals surface area contributed by atoms with E-state index in [1.807, 2.05) is 25.3 Å². The molecule has 2 aromatic rings. The maximum absolute atomic E-state index is 6.19. The van der Waals surface area contributed by atoms with Gasteiger partial charge in [0.2, 0.25) is 5.28 Å². The average Bonchev–Trinajstić information content (AvgIpc) is 2.92. The molecule has 7 nitrogen and oxygen atoms in total. The second kappa shape index (κ2) is 5.07. The van der Waals surface area contributed by atoms with E-state index in [1.54, 1.807) is 6.26 Å². The molecule has 0 unspecified atom stereocenters. The Balaban J connectivity index is 1.98. The Morgan fingerprint density at radius 3 is 2.65 bits per heavy atom. The minimum Gasteiger partial charge on any atom is -0.486 e. The third-order valence-electron chi connectivity index (χ3n) is 4.19. The van der Waals surface area contributed by atoms with Crippen molar-refractivity contribution >= 4 is 34.3 Å². The van der Waals surface area contributed by atoms with Gasteiger partial charge in [0.25, 0.3) is 0 Å². The van der Waals surface area contributed by atoms with Gasteiger partial charge in [0, 0.05) is 13.1 Å². The molecule has 0 radical (unpaired) electrons. The molecule has 23 heavy (non-hydrogen) atoms. The number of allylic oxidation sites excluding steroid dienone is 1. The van der Waals surface area contributed by atoms with Crippen molar-refractivity contribution in [1.29, 1.82) is 0 Å². The van der Waals surface area contributed by atoms with Gasteiger partial charge in [-0.05, 0) is 32.4 Å². The summed E-state index contributed by atoms with van der Waals surface area (Å²) in [6.07, 6.45) is 1.73. The fourth-order valence-electron chi connectivity index (χ4n) is 2.99. The van der Waals surface area contributed by atoms with E-state index in [0.29, 0.717) is 18.9 Å². The molecule has 1 fully saturated rings. The lowest BCUT2D eigenvalue weighted by Gasteiger charge is -2.29. The fraction of sp³-hybridized carbons (Fsp3) is 0.533. The lowest BCUT2D eigenvalue weighted by atomic mass is 10.1. The largest absolute Gasteiger partial charge is 0.486 e. The number of halogens is 1. The van der Waals surface area contributed by atoms with Crippen LogP contribution in [0.5, 0.6) is 0 Å². The number of morpholine rings is 1. The van der Waals surface area contributed by atoms with Crippen LogP contribution in [-0.2, 0) is 15.1 Å². The van der Waals surface area contributed by atoms with E-state index in [1.165, 1.54) is 0 Å². The standard InChI is InChI=1S/C15H18ClN5O2/c1-9-8-23-15(2,3)13-17-10-11(20-4-6-22-7-5-20)18-14(16)19-12(10)21(9)13/h8H,4-7H2,1-3H3. The summed E-state index contributed by atoms with van der Waals surface area (Å²) < 4.78 is 13.2. The van der Waals surface area contributed by atoms with Gasteiger partial charge in [0.1, 0.15) is 6.26 Å². The highest BCUT2D eigenvalue weighted by atomic mass is 35.5. The molecule has 122 valence electrons. The van der Waals surface area contributed by atoms with E-state index in [4.69, 9.17) is 26.1 Å². The maximum atomic E-state index is 6.19. The van der Waals surface area contributed by atoms with Gasteiger partial charge in [0.05, 0.1) is 18.9 Å². The van der Waals surface area contributed by atoms with Crippen LogP contribution in [0, 0.1) is 0 Å². The first-order valence-corrected chi connectivity index (χ1v) is 7.99. The smallest absolute Gasteiger partial charge is 0.226 e. The van der Waals surface area contributed by atoms with Gasteiger partial charge in [-0.1, -0.05) is 0 Å². The topological polar surface area (TPSA) is 65.3 Å². The van der Waals surface area contributed by atoms with Crippen LogP contribution in [0.15, 0.2) is 6.26 Å². The summed E-state index contributed by atoms with van der Waals surface area (Å²) in [5.74, 6) is 1.56. The molecule has 0 bridgehead atoms. The molecule has 2 aliphatic heterocycles. The Bertz CT molecular complexity index is 808. The van der Waals surface area contributed by atoms with Crippen LogP contribution in [-0.4, -0.2) is 45.8 Å². The Morgan fingerprint density at radius 1 is 1.17 bits per heavy atom. The molecule has 0 saturated carbocycles. The summed E-state index contributed by atoms with van der Waals surface area (Å²) in [6, 6.07) is 0. The number of aromatic nitrogens is 4. The van der Waals surface area contributed by atoms with Gasteiger partial charge in [-0.15, -0.1) is 0 Å². The van der Waals surface area contributed by atoms with Crippen molar-refractivity contribution in [2.45, 2.75) is 26.4 Å². The molecule has 0 aromatic carbocycles. The van der Waals surface area contributed by atoms with E-state index >= 15 is 0 Å². The van der Waals surface area contributed by atoms with E-state index in [-0.39, 0.29) is 5.28 Å². The molecule has 0 aliphatic carbocycles. The summed E-state index contributed by atoms with van der Waals surface area (Å²) in [7, 11) is 0. The zero-order chi connectivity index (χ0) is 16.2. The Hall–Kier alpha value is -1.86. The molecule has 0 atom stereocenters. The van der Waals surface area contributed by atoms with Crippen molar-refractivity contribution in [3.05, 3.63) is 17.4 Å². The van der Waals surface area contributed by atoms with Gasteiger partial charge >= 0.3 is 0 Å². The summed E-state index contributed by atoms with van der Waals surface area (Å²) in [4.78, 5) is 15.8. The number of anilines is 1. The second-order valence-electron chi connectivity index (χ2n) is 6.25. The monoisotopic (exact) mass is 335 g/mol. The van der Waals surface area contributed by atoms with Gasteiger partial charge in [-0.3, -0.25) is 4.57 Å². The van der Waals surface area contributed by atoms with Gasteiger partial charge in [0.15, 0.2) is 28.4 Å². The Labute approximate surface area is 138 Å². The second-order valence-corrected chi connectivity index (χ2v) is 6.58. The molecule has 4 heterocycles. The molecular formula is C15H18ClN5O2. The number of rotatable bonds is 1. The summed E-state index contributed by atoms with van der Waals surface area (Å²) >= 11 is 6.19. The minimum atomic E-state index is -0.533. The van der Waals surface area contributed by atoms with Crippen LogP contribution in [0.25, 0.3) is 16.9 Å². The van der Waals surface area contributed by atoms with Gasteiger partial charge < -0.3 is 14.4 Å². The SMILES string of the molecule is CC1=COC(C)(C)c2nc3c(N4CCOCC4)nc(Cl)nc3n21. The highest BCUT2D eigenvalue weighted by Gasteiger charge is 2.34. The lowest BCUT2D eigenvalue weighted by Crippen LogP contribution is -2.37. The van der Waals surface area contributed by atoms with Crippen LogP contribution < -0.4 is 4.90 Å². The first-order valence-electron chi connectivity index (χ1n) is 7.61.